The van der Waals surface area contributed by atoms with Crippen molar-refractivity contribution in [1.82, 2.24) is 5.48 Å². The molecule has 11 nitrogen and oxygen atoms in total. The number of hydrogen-bond donors (Lipinski definition) is 6. The van der Waals surface area contributed by atoms with Crippen molar-refractivity contribution in [3.05, 3.63) is 89.8 Å². The van der Waals surface area contributed by atoms with Crippen molar-refractivity contribution in [1.29, 1.82) is 5.41 Å². The average Bonchev–Trinajstić information content (AvgIpc) is 3.29. The van der Waals surface area contributed by atoms with E-state index in [1.165, 1.54) is 36.4 Å². The zero-order valence-corrected chi connectivity index (χ0v) is 20.4. The summed E-state index contributed by atoms with van der Waals surface area (Å²) in [4.78, 5) is 30.0. The minimum Gasteiger partial charge on any atom is -0.481 e. The molecular weight excluding hydrogens is 517 g/mol. The highest BCUT2D eigenvalue weighted by atomic mass is 32.2. The van der Waals surface area contributed by atoms with Crippen LogP contribution in [0.15, 0.2) is 77.7 Å². The Kier molecular flexibility index (Phi) is 7.00. The molecule has 0 saturated carbocycles. The molecule has 1 aliphatic rings. The van der Waals surface area contributed by atoms with Gasteiger partial charge in [0, 0.05) is 16.7 Å². The zero-order valence-electron chi connectivity index (χ0n) is 19.6. The van der Waals surface area contributed by atoms with Crippen LogP contribution in [0, 0.1) is 11.2 Å². The molecular formula is C25H22FN5O6S. The van der Waals surface area contributed by atoms with Crippen molar-refractivity contribution in [2.24, 2.45) is 10.9 Å². The number of amidine groups is 1. The number of rotatable bonds is 8. The van der Waals surface area contributed by atoms with Gasteiger partial charge in [-0.15, -0.1) is 0 Å². The summed E-state index contributed by atoms with van der Waals surface area (Å²) >= 11 is 0. The van der Waals surface area contributed by atoms with Gasteiger partial charge in [-0.25, -0.2) is 17.9 Å². The molecule has 4 rings (SSSR count). The third-order valence-electron chi connectivity index (χ3n) is 5.73. The topological polar surface area (TPSA) is 198 Å². The van der Waals surface area contributed by atoms with Gasteiger partial charge in [-0.1, -0.05) is 42.5 Å². The van der Waals surface area contributed by atoms with Crippen LogP contribution >= 0.6 is 0 Å². The molecule has 1 amide bonds. The molecule has 1 unspecified atom stereocenters. The molecule has 0 radical (unpaired) electrons. The number of carbonyl (C=O) groups excluding carboxylic acids is 1. The van der Waals surface area contributed by atoms with E-state index >= 15 is 4.39 Å². The number of sulfonamides is 1. The Hall–Kier alpha value is -4.59. The van der Waals surface area contributed by atoms with Crippen LogP contribution in [0.4, 0.5) is 10.1 Å². The van der Waals surface area contributed by atoms with Gasteiger partial charge >= 0.3 is 5.97 Å². The van der Waals surface area contributed by atoms with Gasteiger partial charge < -0.3 is 16.2 Å². The monoisotopic (exact) mass is 539 g/mol. The third kappa shape index (κ3) is 5.39. The quantitative estimate of drug-likeness (QED) is 0.185. The first-order valence-electron chi connectivity index (χ1n) is 11.0. The summed E-state index contributed by atoms with van der Waals surface area (Å²) in [6, 6.07) is 15.8. The van der Waals surface area contributed by atoms with Crippen LogP contribution in [0.1, 0.15) is 17.5 Å². The Morgan fingerprint density at radius 2 is 1.82 bits per heavy atom. The van der Waals surface area contributed by atoms with Crippen molar-refractivity contribution in [3.8, 4) is 11.1 Å². The highest BCUT2D eigenvalue weighted by Crippen LogP contribution is 2.33. The number of aliphatic carboxylic acids is 1. The third-order valence-corrected chi connectivity index (χ3v) is 6.69. The Bertz CT molecular complexity index is 1610. The lowest BCUT2D eigenvalue weighted by molar-refractivity contribution is -0.152. The Balaban J connectivity index is 1.65. The number of benzene rings is 3. The zero-order chi connectivity index (χ0) is 27.7. The first kappa shape index (κ1) is 26.5. The summed E-state index contributed by atoms with van der Waals surface area (Å²) in [6.45, 7) is 0. The second-order valence-corrected chi connectivity index (χ2v) is 9.94. The number of carboxylic acid groups (broad SMARTS) is 1. The van der Waals surface area contributed by atoms with Gasteiger partial charge in [0.25, 0.3) is 5.91 Å². The van der Waals surface area contributed by atoms with Crippen LogP contribution in [0.3, 0.4) is 0 Å². The first-order valence-corrected chi connectivity index (χ1v) is 12.5. The summed E-state index contributed by atoms with van der Waals surface area (Å²) in [7, 11) is -4.09. The molecule has 0 spiro atoms. The van der Waals surface area contributed by atoms with Crippen molar-refractivity contribution in [2.75, 3.05) is 5.32 Å². The molecule has 1 aliphatic heterocycles. The Morgan fingerprint density at radius 3 is 2.47 bits per heavy atom. The fraction of sp³-hybridized carbons (Fsp3) is 0.0800. The van der Waals surface area contributed by atoms with E-state index in [0.717, 1.165) is 6.07 Å². The summed E-state index contributed by atoms with van der Waals surface area (Å²) in [6.07, 6.45) is 0.466. The van der Waals surface area contributed by atoms with Gasteiger partial charge in [-0.2, -0.15) is 0 Å². The van der Waals surface area contributed by atoms with Crippen LogP contribution < -0.4 is 21.7 Å². The number of hydroxylamine groups is 1. The number of amides is 1. The van der Waals surface area contributed by atoms with E-state index in [1.54, 1.807) is 30.3 Å². The van der Waals surface area contributed by atoms with E-state index in [0.29, 0.717) is 11.1 Å². The number of nitrogens with one attached hydrogen (secondary N) is 3. The van der Waals surface area contributed by atoms with E-state index in [1.807, 2.05) is 0 Å². The van der Waals surface area contributed by atoms with Crippen molar-refractivity contribution < 1.29 is 32.3 Å². The van der Waals surface area contributed by atoms with Crippen LogP contribution in [-0.2, 0) is 24.4 Å². The second kappa shape index (κ2) is 10.0. The largest absolute Gasteiger partial charge is 0.481 e. The normalized spacial score (nSPS) is 16.8. The van der Waals surface area contributed by atoms with Crippen LogP contribution in [-0.4, -0.2) is 36.8 Å². The van der Waals surface area contributed by atoms with Crippen LogP contribution in [0.5, 0.6) is 0 Å². The SMILES string of the molecule is N=C(N)c1cccc(C2=CC(CC(=O)O)(C(=O)Nc3ccc(-c4ccccc4S(N)(=O)=O)cc3F)ON2)c1. The number of anilines is 1. The summed E-state index contributed by atoms with van der Waals surface area (Å²) in [5.74, 6) is -3.42. The van der Waals surface area contributed by atoms with Crippen molar-refractivity contribution in [2.45, 2.75) is 16.9 Å². The standard InChI is InChI=1S/C25H22FN5O6S/c26-18-11-14(17-6-1-2-7-21(17)38(29,35)36)8-9-19(18)30-24(34)25(13-22(32)33)12-20(31-37-25)15-4-3-5-16(10-15)23(27)28/h1-12,31H,13H2,(H3,27,28)(H,30,34)(H,32,33)(H2,29,35,36). The van der Waals surface area contributed by atoms with E-state index in [-0.39, 0.29) is 33.2 Å². The van der Waals surface area contributed by atoms with E-state index in [9.17, 15) is 23.1 Å². The second-order valence-electron chi connectivity index (χ2n) is 8.41. The lowest BCUT2D eigenvalue weighted by Gasteiger charge is -2.22. The molecule has 0 saturated heterocycles. The number of nitrogens with two attached hydrogens (primary N) is 2. The number of halogens is 1. The number of hydrogen-bond acceptors (Lipinski definition) is 7. The molecule has 3 aromatic rings. The van der Waals surface area contributed by atoms with Gasteiger partial charge in [0.2, 0.25) is 15.6 Å². The lowest BCUT2D eigenvalue weighted by atomic mass is 9.95. The smallest absolute Gasteiger partial charge is 0.307 e. The molecule has 0 fully saturated rings. The van der Waals surface area contributed by atoms with Gasteiger partial charge in [0.05, 0.1) is 22.7 Å². The fourth-order valence-electron chi connectivity index (χ4n) is 3.90. The Labute approximate surface area is 216 Å². The molecule has 13 heteroatoms. The van der Waals surface area contributed by atoms with Gasteiger partial charge in [-0.05, 0) is 35.9 Å². The van der Waals surface area contributed by atoms with Gasteiger partial charge in [0.1, 0.15) is 11.7 Å². The van der Waals surface area contributed by atoms with Crippen LogP contribution in [0.2, 0.25) is 0 Å². The number of nitrogen functional groups attached to an aromatic ring is 1. The van der Waals surface area contributed by atoms with Crippen molar-refractivity contribution in [3.63, 3.8) is 0 Å². The number of carbonyl (C=O) groups is 2. The molecule has 3 aromatic carbocycles. The summed E-state index contributed by atoms with van der Waals surface area (Å²) in [5, 5.41) is 24.6. The van der Waals surface area contributed by atoms with Crippen LogP contribution in [0.25, 0.3) is 16.8 Å². The highest BCUT2D eigenvalue weighted by molar-refractivity contribution is 7.89. The molecule has 0 bridgehead atoms. The van der Waals surface area contributed by atoms with E-state index < -0.39 is 39.7 Å². The number of primary sulfonamides is 1. The van der Waals surface area contributed by atoms with Gasteiger partial charge in [0.15, 0.2) is 0 Å². The molecule has 196 valence electrons. The van der Waals surface area contributed by atoms with E-state index in [4.69, 9.17) is 21.1 Å². The Morgan fingerprint density at radius 1 is 1.08 bits per heavy atom. The van der Waals surface area contributed by atoms with Crippen molar-refractivity contribution >= 4 is 39.1 Å². The average molecular weight is 540 g/mol. The summed E-state index contributed by atoms with van der Waals surface area (Å²) < 4.78 is 38.9. The van der Waals surface area contributed by atoms with E-state index in [2.05, 4.69) is 10.8 Å². The molecule has 1 heterocycles. The predicted octanol–water partition coefficient (Wildman–Crippen LogP) is 2.15. The lowest BCUT2D eigenvalue weighted by Crippen LogP contribution is -2.45. The maximum absolute atomic E-state index is 15.0. The summed E-state index contributed by atoms with van der Waals surface area (Å²) in [5.41, 5.74) is 7.20. The minimum atomic E-state index is -4.09. The molecule has 38 heavy (non-hydrogen) atoms. The van der Waals surface area contributed by atoms with Gasteiger partial charge in [-0.3, -0.25) is 25.3 Å². The molecule has 8 N–H and O–H groups in total. The molecule has 0 aliphatic carbocycles. The number of carboxylic acids is 1. The highest BCUT2D eigenvalue weighted by Gasteiger charge is 2.45. The predicted molar refractivity (Wildman–Crippen MR) is 136 cm³/mol. The fourth-order valence-corrected chi connectivity index (χ4v) is 4.66. The maximum Gasteiger partial charge on any atom is 0.307 e. The first-order chi connectivity index (χ1) is 17.9. The molecule has 0 aromatic heterocycles. The maximum atomic E-state index is 15.0. The minimum absolute atomic E-state index is 0.165. The molecule has 1 atom stereocenters.